The summed E-state index contributed by atoms with van der Waals surface area (Å²) < 4.78 is 22.6. The summed E-state index contributed by atoms with van der Waals surface area (Å²) in [5.74, 6) is -1.63. The molecule has 0 saturated heterocycles. The molecule has 0 spiro atoms. The van der Waals surface area contributed by atoms with Crippen LogP contribution in [0.5, 0.6) is 0 Å². The van der Waals surface area contributed by atoms with Gasteiger partial charge in [0.15, 0.2) is 0 Å². The molecule has 0 radical (unpaired) electrons. The molecule has 4 heterocycles. The molecule has 0 aliphatic rings. The van der Waals surface area contributed by atoms with Crippen molar-refractivity contribution in [3.8, 4) is 22.3 Å². The Hall–Kier alpha value is -4.50. The largest absolute Gasteiger partial charge is 0.462 e. The fourth-order valence-electron chi connectivity index (χ4n) is 5.68. The standard InChI is InChI=1S/2C20H18BrNO4S/c2*1-4-25-19(23)15-10-14-17(12-6-8-13(21)9-7-12)16(20(24)26-5-2)11(3)22-18(14)27-15/h2*6-10H,4-5H2,1-3H3. The Labute approximate surface area is 337 Å². The van der Waals surface area contributed by atoms with Crippen LogP contribution >= 0.6 is 54.5 Å². The van der Waals surface area contributed by atoms with Crippen LogP contribution in [0.15, 0.2) is 69.6 Å². The monoisotopic (exact) mass is 894 g/mol. The molecule has 280 valence electrons. The van der Waals surface area contributed by atoms with Crippen molar-refractivity contribution in [2.75, 3.05) is 26.4 Å². The van der Waals surface area contributed by atoms with Gasteiger partial charge in [0.05, 0.1) is 48.9 Å². The van der Waals surface area contributed by atoms with Gasteiger partial charge in [0.1, 0.15) is 19.4 Å². The van der Waals surface area contributed by atoms with Gasteiger partial charge in [0.2, 0.25) is 0 Å². The zero-order chi connectivity index (χ0) is 39.1. The Bertz CT molecular complexity index is 2190. The molecule has 54 heavy (non-hydrogen) atoms. The third-order valence-corrected chi connectivity index (χ3v) is 11.0. The van der Waals surface area contributed by atoms with Crippen molar-refractivity contribution >= 4 is 98.8 Å². The number of esters is 4. The average molecular weight is 897 g/mol. The maximum absolute atomic E-state index is 12.7. The van der Waals surface area contributed by atoms with E-state index < -0.39 is 23.9 Å². The quantitative estimate of drug-likeness (QED) is 0.0967. The van der Waals surface area contributed by atoms with Gasteiger partial charge in [-0.2, -0.15) is 0 Å². The maximum atomic E-state index is 12.7. The summed E-state index contributed by atoms with van der Waals surface area (Å²) >= 11 is 9.38. The first kappa shape index (κ1) is 40.7. The highest BCUT2D eigenvalue weighted by Crippen LogP contribution is 2.40. The van der Waals surface area contributed by atoms with Crippen LogP contribution in [0.3, 0.4) is 0 Å². The molecule has 4 aromatic heterocycles. The van der Waals surface area contributed by atoms with Gasteiger partial charge in [-0.15, -0.1) is 22.7 Å². The fraction of sp³-hybridized carbons (Fsp3) is 0.250. The lowest BCUT2D eigenvalue weighted by Gasteiger charge is -2.13. The normalized spacial score (nSPS) is 10.8. The van der Waals surface area contributed by atoms with Crippen molar-refractivity contribution in [3.05, 3.63) is 102 Å². The number of carbonyl (C=O) groups excluding carboxylic acids is 4. The van der Waals surface area contributed by atoms with Crippen LogP contribution in [0.1, 0.15) is 79.1 Å². The first-order valence-corrected chi connectivity index (χ1v) is 20.2. The number of fused-ring (bicyclic) bond motifs is 2. The van der Waals surface area contributed by atoms with Crippen LogP contribution in [0.4, 0.5) is 0 Å². The molecular weight excluding hydrogens is 860 g/mol. The number of thiophene rings is 2. The Balaban J connectivity index is 0.000000208. The van der Waals surface area contributed by atoms with E-state index in [4.69, 9.17) is 18.9 Å². The van der Waals surface area contributed by atoms with E-state index in [2.05, 4.69) is 41.8 Å². The number of ether oxygens (including phenoxy) is 4. The van der Waals surface area contributed by atoms with Gasteiger partial charge in [0.25, 0.3) is 0 Å². The number of pyridine rings is 2. The Morgan fingerprint density at radius 2 is 0.852 bits per heavy atom. The number of nitrogens with zero attached hydrogens (tertiary/aromatic N) is 2. The van der Waals surface area contributed by atoms with E-state index in [0.29, 0.717) is 55.1 Å². The first-order valence-electron chi connectivity index (χ1n) is 17.0. The topological polar surface area (TPSA) is 131 Å². The molecular formula is C40H36Br2N2O8S2. The van der Waals surface area contributed by atoms with Crippen LogP contribution in [-0.2, 0) is 18.9 Å². The number of hydrogen-bond donors (Lipinski definition) is 0. The van der Waals surface area contributed by atoms with Crippen molar-refractivity contribution in [2.24, 2.45) is 0 Å². The summed E-state index contributed by atoms with van der Waals surface area (Å²) in [4.78, 5) is 61.0. The molecule has 0 saturated carbocycles. The van der Waals surface area contributed by atoms with Crippen LogP contribution < -0.4 is 0 Å². The van der Waals surface area contributed by atoms with E-state index in [1.165, 1.54) is 22.7 Å². The summed E-state index contributed by atoms with van der Waals surface area (Å²) in [5.41, 5.74) is 5.10. The molecule has 6 rings (SSSR count). The van der Waals surface area contributed by atoms with Crippen molar-refractivity contribution in [1.29, 1.82) is 0 Å². The van der Waals surface area contributed by atoms with Crippen LogP contribution in [0.25, 0.3) is 42.7 Å². The Kier molecular flexibility index (Phi) is 13.7. The molecule has 0 N–H and O–H groups in total. The molecule has 0 amide bonds. The second-order valence-corrected chi connectivity index (χ2v) is 15.3. The lowest BCUT2D eigenvalue weighted by molar-refractivity contribution is 0.0516. The van der Waals surface area contributed by atoms with Crippen molar-refractivity contribution in [1.82, 2.24) is 9.97 Å². The summed E-state index contributed by atoms with van der Waals surface area (Å²) in [7, 11) is 0. The zero-order valence-corrected chi connectivity index (χ0v) is 35.1. The van der Waals surface area contributed by atoms with E-state index in [9.17, 15) is 19.2 Å². The molecule has 0 unspecified atom stereocenters. The van der Waals surface area contributed by atoms with Crippen LogP contribution in [0.2, 0.25) is 0 Å². The number of carbonyl (C=O) groups is 4. The number of halogens is 2. The highest BCUT2D eigenvalue weighted by molar-refractivity contribution is 9.10. The number of aryl methyl sites for hydroxylation is 2. The van der Waals surface area contributed by atoms with Gasteiger partial charge in [-0.25, -0.2) is 29.1 Å². The fourth-order valence-corrected chi connectivity index (χ4v) is 8.17. The minimum absolute atomic E-state index is 0.272. The summed E-state index contributed by atoms with van der Waals surface area (Å²) in [6, 6.07) is 18.8. The second kappa shape index (κ2) is 18.2. The lowest BCUT2D eigenvalue weighted by Crippen LogP contribution is -2.10. The second-order valence-electron chi connectivity index (χ2n) is 11.4. The van der Waals surface area contributed by atoms with Crippen LogP contribution in [-0.4, -0.2) is 60.3 Å². The van der Waals surface area contributed by atoms with E-state index in [1.807, 2.05) is 48.5 Å². The van der Waals surface area contributed by atoms with E-state index in [-0.39, 0.29) is 13.2 Å². The minimum atomic E-state index is -0.425. The molecule has 0 aliphatic heterocycles. The lowest BCUT2D eigenvalue weighted by atomic mass is 9.96. The number of hydrogen-bond acceptors (Lipinski definition) is 12. The molecule has 0 atom stereocenters. The van der Waals surface area contributed by atoms with Gasteiger partial charge >= 0.3 is 23.9 Å². The van der Waals surface area contributed by atoms with Gasteiger partial charge in [-0.3, -0.25) is 0 Å². The highest BCUT2D eigenvalue weighted by Gasteiger charge is 2.26. The summed E-state index contributed by atoms with van der Waals surface area (Å²) in [6.45, 7) is 11.8. The highest BCUT2D eigenvalue weighted by atomic mass is 79.9. The third kappa shape index (κ3) is 8.89. The molecule has 0 bridgehead atoms. The van der Waals surface area contributed by atoms with Crippen molar-refractivity contribution in [3.63, 3.8) is 0 Å². The van der Waals surface area contributed by atoms with Crippen molar-refractivity contribution < 1.29 is 38.1 Å². The third-order valence-electron chi connectivity index (χ3n) is 7.90. The number of rotatable bonds is 10. The molecule has 14 heteroatoms. The van der Waals surface area contributed by atoms with E-state index in [1.54, 1.807) is 53.7 Å². The van der Waals surface area contributed by atoms with Gasteiger partial charge in [-0.05, 0) is 89.1 Å². The maximum Gasteiger partial charge on any atom is 0.348 e. The molecule has 6 aromatic rings. The Morgan fingerprint density at radius 1 is 0.537 bits per heavy atom. The van der Waals surface area contributed by atoms with Gasteiger partial charge < -0.3 is 18.9 Å². The predicted molar refractivity (Wildman–Crippen MR) is 219 cm³/mol. The molecule has 0 aliphatic carbocycles. The van der Waals surface area contributed by atoms with E-state index in [0.717, 1.165) is 42.0 Å². The Morgan fingerprint density at radius 3 is 1.17 bits per heavy atom. The predicted octanol–water partition coefficient (Wildman–Crippen LogP) is 10.8. The average Bonchev–Trinajstić information content (AvgIpc) is 3.76. The summed E-state index contributed by atoms with van der Waals surface area (Å²) in [5, 5.41) is 1.47. The first-order chi connectivity index (χ1) is 25.9. The van der Waals surface area contributed by atoms with Gasteiger partial charge in [0, 0.05) is 30.8 Å². The van der Waals surface area contributed by atoms with Crippen LogP contribution in [0, 0.1) is 13.8 Å². The summed E-state index contributed by atoms with van der Waals surface area (Å²) in [6.07, 6.45) is 0. The minimum Gasteiger partial charge on any atom is -0.462 e. The SMILES string of the molecule is CCOC(=O)c1cc2c(-c3ccc(Br)cc3)c(C(=O)OCC)c(C)nc2s1.CCOC(=O)c1cc2c(-c3ccc(Br)cc3)c(C(=O)OCC)c(C)nc2s1. The number of benzene rings is 2. The molecule has 2 aromatic carbocycles. The smallest absolute Gasteiger partial charge is 0.348 e. The molecule has 10 nitrogen and oxygen atoms in total. The molecule has 0 fully saturated rings. The van der Waals surface area contributed by atoms with E-state index >= 15 is 0 Å². The number of aromatic nitrogens is 2. The van der Waals surface area contributed by atoms with Crippen molar-refractivity contribution in [2.45, 2.75) is 41.5 Å². The zero-order valence-electron chi connectivity index (χ0n) is 30.3. The van der Waals surface area contributed by atoms with Gasteiger partial charge in [-0.1, -0.05) is 56.1 Å².